The lowest BCUT2D eigenvalue weighted by molar-refractivity contribution is -0.117. The normalized spacial score (nSPS) is 12.9. The maximum Gasteiger partial charge on any atom is 0.251 e. The van der Waals surface area contributed by atoms with Crippen LogP contribution in [0.15, 0.2) is 24.3 Å². The first-order valence-corrected chi connectivity index (χ1v) is 10.2. The number of rotatable bonds is 6. The molecule has 7 heteroatoms. The lowest BCUT2D eigenvalue weighted by atomic mass is 9.96. The smallest absolute Gasteiger partial charge is 0.251 e. The van der Waals surface area contributed by atoms with Crippen LogP contribution in [-0.2, 0) is 24.2 Å². The molecule has 0 fully saturated rings. The van der Waals surface area contributed by atoms with Crippen molar-refractivity contribution in [3.8, 4) is 6.07 Å². The summed E-state index contributed by atoms with van der Waals surface area (Å²) in [6.07, 6.45) is 4.17. The Morgan fingerprint density at radius 1 is 1.21 bits per heavy atom. The summed E-state index contributed by atoms with van der Waals surface area (Å²) in [7, 11) is 3.47. The number of carbonyl (C=O) groups excluding carboxylic acids is 2. The number of likely N-dealkylation sites (N-methyl/N-ethyl adjacent to an activating group) is 1. The van der Waals surface area contributed by atoms with Crippen LogP contribution in [0.2, 0.25) is 0 Å². The highest BCUT2D eigenvalue weighted by molar-refractivity contribution is 7.16. The Hall–Kier alpha value is -2.69. The van der Waals surface area contributed by atoms with E-state index in [9.17, 15) is 14.9 Å². The van der Waals surface area contributed by atoms with Crippen LogP contribution >= 0.6 is 11.3 Å². The maximum atomic E-state index is 12.5. The van der Waals surface area contributed by atoms with Crippen LogP contribution in [0.25, 0.3) is 0 Å². The predicted molar refractivity (Wildman–Crippen MR) is 110 cm³/mol. The molecule has 1 aromatic heterocycles. The van der Waals surface area contributed by atoms with Crippen LogP contribution in [0.5, 0.6) is 0 Å². The average Bonchev–Trinajstić information content (AvgIpc) is 3.04. The highest BCUT2D eigenvalue weighted by Crippen LogP contribution is 2.37. The number of hydrogen-bond donors (Lipinski definition) is 2. The molecule has 1 heterocycles. The van der Waals surface area contributed by atoms with Crippen molar-refractivity contribution < 1.29 is 9.59 Å². The molecule has 6 nitrogen and oxygen atoms in total. The van der Waals surface area contributed by atoms with Crippen LogP contribution in [0, 0.1) is 11.3 Å². The standard InChI is InChI=1S/C21H24N4O2S/c1-23-20(27)15-9-7-14(8-10-15)12-25(2)13-19(26)24-21-17(11-22)16-5-3-4-6-18(16)28-21/h7-10H,3-6,12-13H2,1-2H3,(H,23,27)(H,24,26). The van der Waals surface area contributed by atoms with E-state index < -0.39 is 0 Å². The van der Waals surface area contributed by atoms with Crippen molar-refractivity contribution in [3.63, 3.8) is 0 Å². The lowest BCUT2D eigenvalue weighted by Gasteiger charge is -2.16. The number of amides is 2. The molecule has 2 aromatic rings. The van der Waals surface area contributed by atoms with Crippen molar-refractivity contribution in [1.29, 1.82) is 5.26 Å². The van der Waals surface area contributed by atoms with Gasteiger partial charge in [-0.3, -0.25) is 14.5 Å². The van der Waals surface area contributed by atoms with Gasteiger partial charge in [0.05, 0.1) is 12.1 Å². The third-order valence-corrected chi connectivity index (χ3v) is 6.05. The van der Waals surface area contributed by atoms with E-state index in [0.29, 0.717) is 22.7 Å². The molecule has 0 aliphatic heterocycles. The fourth-order valence-corrected chi connectivity index (χ4v) is 4.71. The largest absolute Gasteiger partial charge is 0.355 e. The molecule has 1 aliphatic carbocycles. The zero-order valence-corrected chi connectivity index (χ0v) is 17.0. The summed E-state index contributed by atoms with van der Waals surface area (Å²) in [6, 6.07) is 9.60. The highest BCUT2D eigenvalue weighted by Gasteiger charge is 2.22. The molecule has 0 atom stereocenters. The summed E-state index contributed by atoms with van der Waals surface area (Å²) >= 11 is 1.54. The molecule has 0 unspecified atom stereocenters. The molecule has 0 bridgehead atoms. The monoisotopic (exact) mass is 396 g/mol. The van der Waals surface area contributed by atoms with E-state index in [1.54, 1.807) is 30.5 Å². The highest BCUT2D eigenvalue weighted by atomic mass is 32.1. The molecule has 1 aromatic carbocycles. The summed E-state index contributed by atoms with van der Waals surface area (Å²) in [5, 5.41) is 15.7. The Bertz CT molecular complexity index is 912. The first-order chi connectivity index (χ1) is 13.5. The Morgan fingerprint density at radius 3 is 2.61 bits per heavy atom. The molecular formula is C21H24N4O2S. The van der Waals surface area contributed by atoms with Crippen molar-refractivity contribution in [2.24, 2.45) is 0 Å². The van der Waals surface area contributed by atoms with Gasteiger partial charge < -0.3 is 10.6 Å². The van der Waals surface area contributed by atoms with Crippen LogP contribution in [0.1, 0.15) is 44.8 Å². The lowest BCUT2D eigenvalue weighted by Crippen LogP contribution is -2.29. The van der Waals surface area contributed by atoms with Crippen molar-refractivity contribution in [1.82, 2.24) is 10.2 Å². The van der Waals surface area contributed by atoms with Crippen LogP contribution in [-0.4, -0.2) is 37.4 Å². The summed E-state index contributed by atoms with van der Waals surface area (Å²) in [5.41, 5.74) is 3.39. The molecule has 28 heavy (non-hydrogen) atoms. The molecular weight excluding hydrogens is 372 g/mol. The number of nitrogens with one attached hydrogen (secondary N) is 2. The molecule has 0 saturated carbocycles. The first-order valence-electron chi connectivity index (χ1n) is 9.36. The third-order valence-electron chi connectivity index (χ3n) is 4.85. The van der Waals surface area contributed by atoms with E-state index in [4.69, 9.17) is 0 Å². The molecule has 0 radical (unpaired) electrons. The zero-order valence-electron chi connectivity index (χ0n) is 16.2. The van der Waals surface area contributed by atoms with Gasteiger partial charge in [0.25, 0.3) is 5.91 Å². The number of aryl methyl sites for hydroxylation is 1. The minimum Gasteiger partial charge on any atom is -0.355 e. The Balaban J connectivity index is 1.58. The average molecular weight is 397 g/mol. The van der Waals surface area contributed by atoms with Gasteiger partial charge >= 0.3 is 0 Å². The minimum atomic E-state index is -0.125. The van der Waals surface area contributed by atoms with E-state index in [-0.39, 0.29) is 18.4 Å². The molecule has 2 N–H and O–H groups in total. The van der Waals surface area contributed by atoms with Gasteiger partial charge in [-0.2, -0.15) is 5.26 Å². The first kappa shape index (κ1) is 20.1. The van der Waals surface area contributed by atoms with Crippen LogP contribution in [0.4, 0.5) is 5.00 Å². The second-order valence-corrected chi connectivity index (χ2v) is 8.13. The summed E-state index contributed by atoms with van der Waals surface area (Å²) in [5.74, 6) is -0.245. The van der Waals surface area contributed by atoms with E-state index in [2.05, 4.69) is 16.7 Å². The molecule has 3 rings (SSSR count). The van der Waals surface area contributed by atoms with E-state index >= 15 is 0 Å². The van der Waals surface area contributed by atoms with Crippen molar-refractivity contribution in [3.05, 3.63) is 51.4 Å². The second-order valence-electron chi connectivity index (χ2n) is 7.02. The Kier molecular flexibility index (Phi) is 6.45. The van der Waals surface area contributed by atoms with Gasteiger partial charge in [-0.05, 0) is 56.0 Å². The zero-order chi connectivity index (χ0) is 20.1. The van der Waals surface area contributed by atoms with E-state index in [1.165, 1.54) is 4.88 Å². The molecule has 2 amide bonds. The number of hydrogen-bond acceptors (Lipinski definition) is 5. The quantitative estimate of drug-likeness (QED) is 0.786. The van der Waals surface area contributed by atoms with Crippen molar-refractivity contribution in [2.45, 2.75) is 32.2 Å². The molecule has 0 spiro atoms. The van der Waals surface area contributed by atoms with Gasteiger partial charge in [0.2, 0.25) is 5.91 Å². The minimum absolute atomic E-state index is 0.119. The third kappa shape index (κ3) is 4.58. The van der Waals surface area contributed by atoms with Gasteiger partial charge in [-0.15, -0.1) is 11.3 Å². The SMILES string of the molecule is CNC(=O)c1ccc(CN(C)CC(=O)Nc2sc3c(c2C#N)CCCC3)cc1. The molecule has 146 valence electrons. The summed E-state index contributed by atoms with van der Waals surface area (Å²) in [4.78, 5) is 27.2. The fraction of sp³-hybridized carbons (Fsp3) is 0.381. The topological polar surface area (TPSA) is 85.2 Å². The van der Waals surface area contributed by atoms with Crippen molar-refractivity contribution >= 4 is 28.2 Å². The van der Waals surface area contributed by atoms with Crippen LogP contribution < -0.4 is 10.6 Å². The van der Waals surface area contributed by atoms with Gasteiger partial charge in [0.1, 0.15) is 11.1 Å². The van der Waals surface area contributed by atoms with E-state index in [0.717, 1.165) is 36.8 Å². The Labute approximate surface area is 169 Å². The number of fused-ring (bicyclic) bond motifs is 1. The van der Waals surface area contributed by atoms with Gasteiger partial charge in [-0.1, -0.05) is 12.1 Å². The molecule has 1 aliphatic rings. The van der Waals surface area contributed by atoms with E-state index in [1.807, 2.05) is 24.1 Å². The number of nitriles is 1. The number of carbonyl (C=O) groups is 2. The molecule has 0 saturated heterocycles. The number of nitrogens with zero attached hydrogens (tertiary/aromatic N) is 2. The number of thiophene rings is 1. The van der Waals surface area contributed by atoms with Gasteiger partial charge in [0.15, 0.2) is 0 Å². The summed E-state index contributed by atoms with van der Waals surface area (Å²) in [6.45, 7) is 0.818. The summed E-state index contributed by atoms with van der Waals surface area (Å²) < 4.78 is 0. The van der Waals surface area contributed by atoms with Gasteiger partial charge in [-0.25, -0.2) is 0 Å². The number of benzene rings is 1. The van der Waals surface area contributed by atoms with Crippen molar-refractivity contribution in [2.75, 3.05) is 26.0 Å². The number of anilines is 1. The second kappa shape index (κ2) is 9.00. The fourth-order valence-electron chi connectivity index (χ4n) is 3.46. The maximum absolute atomic E-state index is 12.5. The van der Waals surface area contributed by atoms with Crippen LogP contribution in [0.3, 0.4) is 0 Å². The Morgan fingerprint density at radius 2 is 1.93 bits per heavy atom. The van der Waals surface area contributed by atoms with Gasteiger partial charge in [0, 0.05) is 24.0 Å². The predicted octanol–water partition coefficient (Wildman–Crippen LogP) is 2.93.